The van der Waals surface area contributed by atoms with Crippen LogP contribution in [0.15, 0.2) is 42.5 Å². The van der Waals surface area contributed by atoms with Crippen LogP contribution in [0.3, 0.4) is 0 Å². The second kappa shape index (κ2) is 9.67. The smallest absolute Gasteiger partial charge is 0.288 e. The van der Waals surface area contributed by atoms with Crippen molar-refractivity contribution in [3.05, 3.63) is 73.3 Å². The maximum atomic E-state index is 12.9. The number of nitro groups is 2. The predicted octanol–water partition coefficient (Wildman–Crippen LogP) is 5.79. The molecule has 158 valence electrons. The second-order valence-electron chi connectivity index (χ2n) is 7.50. The van der Waals surface area contributed by atoms with Crippen molar-refractivity contribution in [1.82, 2.24) is 0 Å². The molecule has 0 heterocycles. The summed E-state index contributed by atoms with van der Waals surface area (Å²) < 4.78 is 0. The van der Waals surface area contributed by atoms with Gasteiger partial charge in [0.05, 0.1) is 9.85 Å². The number of halogens is 1. The van der Waals surface area contributed by atoms with E-state index in [2.05, 4.69) is 5.32 Å². The molecule has 9 heteroatoms. The topological polar surface area (TPSA) is 115 Å². The van der Waals surface area contributed by atoms with E-state index in [1.165, 1.54) is 30.3 Å². The molecule has 1 atom stereocenters. The van der Waals surface area contributed by atoms with Gasteiger partial charge in [-0.15, -0.1) is 0 Å². The number of ketones is 1. The molecule has 1 aliphatic rings. The fourth-order valence-corrected chi connectivity index (χ4v) is 4.10. The summed E-state index contributed by atoms with van der Waals surface area (Å²) in [6, 6.07) is 10.0. The van der Waals surface area contributed by atoms with Crippen LogP contribution in [0.5, 0.6) is 0 Å². The van der Waals surface area contributed by atoms with Gasteiger partial charge in [0.15, 0.2) is 5.78 Å². The van der Waals surface area contributed by atoms with Gasteiger partial charge in [-0.1, -0.05) is 30.9 Å². The summed E-state index contributed by atoms with van der Waals surface area (Å²) in [5.74, 6) is 0.0694. The van der Waals surface area contributed by atoms with Gasteiger partial charge < -0.3 is 5.32 Å². The Hall–Kier alpha value is -3.00. The Morgan fingerprint density at radius 3 is 2.30 bits per heavy atom. The number of nitrogens with one attached hydrogen (secondary N) is 1. The van der Waals surface area contributed by atoms with Gasteiger partial charge in [-0.25, -0.2) is 0 Å². The van der Waals surface area contributed by atoms with Crippen LogP contribution in [0.1, 0.15) is 48.9 Å². The molecule has 0 aliphatic heterocycles. The van der Waals surface area contributed by atoms with Gasteiger partial charge in [0.25, 0.3) is 11.4 Å². The van der Waals surface area contributed by atoms with Gasteiger partial charge in [0.2, 0.25) is 0 Å². The van der Waals surface area contributed by atoms with Crippen molar-refractivity contribution in [2.75, 3.05) is 5.32 Å². The quantitative estimate of drug-likeness (QED) is 0.321. The maximum absolute atomic E-state index is 12.9. The van der Waals surface area contributed by atoms with E-state index < -0.39 is 9.85 Å². The normalized spacial score (nSPS) is 15.4. The lowest BCUT2D eigenvalue weighted by Crippen LogP contribution is -2.33. The first-order valence-electron chi connectivity index (χ1n) is 9.83. The average Bonchev–Trinajstić information content (AvgIpc) is 2.74. The highest BCUT2D eigenvalue weighted by Gasteiger charge is 2.27. The van der Waals surface area contributed by atoms with Crippen molar-refractivity contribution in [2.24, 2.45) is 5.92 Å². The third-order valence-electron chi connectivity index (χ3n) is 5.52. The minimum absolute atomic E-state index is 0.000633. The number of hydrogen-bond acceptors (Lipinski definition) is 6. The summed E-state index contributed by atoms with van der Waals surface area (Å²) in [4.78, 5) is 33.9. The third-order valence-corrected chi connectivity index (χ3v) is 5.84. The molecule has 2 aromatic rings. The van der Waals surface area contributed by atoms with Crippen molar-refractivity contribution < 1.29 is 14.6 Å². The first-order valence-corrected chi connectivity index (χ1v) is 10.2. The van der Waals surface area contributed by atoms with Crippen molar-refractivity contribution in [1.29, 1.82) is 0 Å². The van der Waals surface area contributed by atoms with E-state index in [9.17, 15) is 25.0 Å². The molecule has 0 spiro atoms. The van der Waals surface area contributed by atoms with Crippen molar-refractivity contribution >= 4 is 34.4 Å². The number of anilines is 1. The van der Waals surface area contributed by atoms with E-state index >= 15 is 0 Å². The molecule has 1 saturated carbocycles. The van der Waals surface area contributed by atoms with Gasteiger partial charge in [0, 0.05) is 41.9 Å². The van der Waals surface area contributed by atoms with E-state index in [0.717, 1.165) is 32.1 Å². The molecule has 8 nitrogen and oxygen atoms in total. The van der Waals surface area contributed by atoms with Crippen LogP contribution in [-0.2, 0) is 0 Å². The molecule has 1 unspecified atom stereocenters. The van der Waals surface area contributed by atoms with Crippen LogP contribution in [0.4, 0.5) is 17.1 Å². The lowest BCUT2D eigenvalue weighted by Gasteiger charge is -2.31. The molecule has 1 aliphatic carbocycles. The molecule has 1 fully saturated rings. The fourth-order valence-electron chi connectivity index (χ4n) is 3.91. The summed E-state index contributed by atoms with van der Waals surface area (Å²) in [5.41, 5.74) is 0.655. The average molecular weight is 432 g/mol. The maximum Gasteiger partial charge on any atom is 0.288 e. The zero-order valence-corrected chi connectivity index (χ0v) is 17.0. The molecule has 1 N–H and O–H groups in total. The fraction of sp³-hybridized carbons (Fsp3) is 0.381. The molecule has 0 saturated heterocycles. The molecular weight excluding hydrogens is 410 g/mol. The van der Waals surface area contributed by atoms with Crippen LogP contribution in [-0.4, -0.2) is 21.7 Å². The largest absolute Gasteiger partial charge is 0.382 e. The number of carbonyl (C=O) groups is 1. The Morgan fingerprint density at radius 2 is 1.70 bits per heavy atom. The third kappa shape index (κ3) is 5.33. The minimum Gasteiger partial charge on any atom is -0.382 e. The molecular formula is C21H22ClN3O5. The van der Waals surface area contributed by atoms with E-state index in [1.54, 1.807) is 12.1 Å². The summed E-state index contributed by atoms with van der Waals surface area (Å²) in [6.45, 7) is 0. The van der Waals surface area contributed by atoms with Crippen LogP contribution >= 0.6 is 11.6 Å². The van der Waals surface area contributed by atoms with Crippen LogP contribution in [0.25, 0.3) is 0 Å². The van der Waals surface area contributed by atoms with Crippen LogP contribution in [0, 0.1) is 26.1 Å². The predicted molar refractivity (Wildman–Crippen MR) is 114 cm³/mol. The molecule has 0 bridgehead atoms. The number of Topliss-reactive ketones (excluding diaryl/α,β-unsaturated/α-hetero) is 1. The van der Waals surface area contributed by atoms with Crippen LogP contribution < -0.4 is 5.32 Å². The number of nitro benzene ring substituents is 2. The lowest BCUT2D eigenvalue weighted by molar-refractivity contribution is -0.385. The zero-order chi connectivity index (χ0) is 21.7. The first-order chi connectivity index (χ1) is 14.3. The number of non-ortho nitro benzene ring substituents is 1. The number of nitrogens with zero attached hydrogens (tertiary/aromatic N) is 2. The minimum atomic E-state index is -0.604. The van der Waals surface area contributed by atoms with Gasteiger partial charge in [0.1, 0.15) is 5.02 Å². The molecule has 30 heavy (non-hydrogen) atoms. The van der Waals surface area contributed by atoms with Crippen molar-refractivity contribution in [3.8, 4) is 0 Å². The SMILES string of the molecule is O=C(CC(Nc1ccc([N+](=O)[O-])cc1)C1CCCCC1)c1ccc(Cl)c([N+](=O)[O-])c1. The van der Waals surface area contributed by atoms with Crippen LogP contribution in [0.2, 0.25) is 5.02 Å². The van der Waals surface area contributed by atoms with E-state index in [4.69, 9.17) is 11.6 Å². The Morgan fingerprint density at radius 1 is 1.03 bits per heavy atom. The molecule has 0 amide bonds. The summed E-state index contributed by atoms with van der Waals surface area (Å²) in [6.07, 6.45) is 5.48. The lowest BCUT2D eigenvalue weighted by atomic mass is 9.81. The summed E-state index contributed by atoms with van der Waals surface area (Å²) in [7, 11) is 0. The Balaban J connectivity index is 1.80. The van der Waals surface area contributed by atoms with Gasteiger partial charge >= 0.3 is 0 Å². The Labute approximate surface area is 178 Å². The molecule has 0 aromatic heterocycles. The highest BCUT2D eigenvalue weighted by atomic mass is 35.5. The van der Waals surface area contributed by atoms with Gasteiger partial charge in [-0.2, -0.15) is 0 Å². The zero-order valence-electron chi connectivity index (χ0n) is 16.3. The van der Waals surface area contributed by atoms with E-state index in [1.807, 2.05) is 0 Å². The molecule has 3 rings (SSSR count). The highest BCUT2D eigenvalue weighted by molar-refractivity contribution is 6.32. The molecule has 2 aromatic carbocycles. The highest BCUT2D eigenvalue weighted by Crippen LogP contribution is 2.32. The first kappa shape index (κ1) is 21.7. The molecule has 0 radical (unpaired) electrons. The standard InChI is InChI=1S/C21H22ClN3O5/c22-18-11-6-15(12-20(18)25(29)30)21(26)13-19(14-4-2-1-3-5-14)23-16-7-9-17(10-8-16)24(27)28/h6-12,14,19,23H,1-5,13H2. The Bertz CT molecular complexity index is 942. The van der Waals surface area contributed by atoms with Crippen molar-refractivity contribution in [2.45, 2.75) is 44.6 Å². The summed E-state index contributed by atoms with van der Waals surface area (Å²) in [5, 5.41) is 25.3. The summed E-state index contributed by atoms with van der Waals surface area (Å²) >= 11 is 5.85. The van der Waals surface area contributed by atoms with E-state index in [-0.39, 0.29) is 46.1 Å². The van der Waals surface area contributed by atoms with Gasteiger partial charge in [-0.05, 0) is 43.0 Å². The number of benzene rings is 2. The van der Waals surface area contributed by atoms with Gasteiger partial charge in [-0.3, -0.25) is 25.0 Å². The number of hydrogen-bond donors (Lipinski definition) is 1. The Kier molecular flexibility index (Phi) is 6.99. The number of carbonyl (C=O) groups excluding carboxylic acids is 1. The monoisotopic (exact) mass is 431 g/mol. The second-order valence-corrected chi connectivity index (χ2v) is 7.91. The van der Waals surface area contributed by atoms with E-state index in [0.29, 0.717) is 5.69 Å². The van der Waals surface area contributed by atoms with Crippen molar-refractivity contribution in [3.63, 3.8) is 0 Å². The number of rotatable bonds is 8.